The first kappa shape index (κ1) is 20.1. The summed E-state index contributed by atoms with van der Waals surface area (Å²) < 4.78 is 15.9. The summed E-state index contributed by atoms with van der Waals surface area (Å²) in [6.45, 7) is 4.23. The van der Waals surface area contributed by atoms with Crippen molar-refractivity contribution in [1.29, 1.82) is 0 Å². The number of nitrogens with zero attached hydrogens (tertiary/aromatic N) is 1. The Bertz CT molecular complexity index is 1140. The van der Waals surface area contributed by atoms with E-state index < -0.39 is 11.4 Å². The van der Waals surface area contributed by atoms with E-state index in [2.05, 4.69) is 10.7 Å². The molecule has 5 nitrogen and oxygen atoms in total. The van der Waals surface area contributed by atoms with Crippen LogP contribution in [-0.4, -0.2) is 17.1 Å². The number of carbonyl (C=O) groups excluding carboxylic acids is 1. The van der Waals surface area contributed by atoms with E-state index in [1.165, 1.54) is 16.8 Å². The number of halogens is 1. The molecular weight excluding hydrogens is 381 g/mol. The van der Waals surface area contributed by atoms with Gasteiger partial charge in [0.15, 0.2) is 0 Å². The van der Waals surface area contributed by atoms with Crippen molar-refractivity contribution in [3.05, 3.63) is 81.5 Å². The molecule has 1 aliphatic carbocycles. The van der Waals surface area contributed by atoms with Crippen LogP contribution in [0, 0.1) is 18.7 Å². The molecule has 1 amide bonds. The highest BCUT2D eigenvalue weighted by atomic mass is 19.1. The van der Waals surface area contributed by atoms with Crippen LogP contribution in [0.25, 0.3) is 10.8 Å². The lowest BCUT2D eigenvalue weighted by Gasteiger charge is -2.22. The Morgan fingerprint density at radius 3 is 2.57 bits per heavy atom. The number of pyridine rings is 1. The second-order valence-corrected chi connectivity index (χ2v) is 7.87. The Morgan fingerprint density at radius 1 is 1.17 bits per heavy atom. The first-order valence-corrected chi connectivity index (χ1v) is 10.5. The summed E-state index contributed by atoms with van der Waals surface area (Å²) in [4.78, 5) is 26.4. The molecule has 1 atom stereocenters. The maximum Gasteiger partial charge on any atom is 0.279 e. The molecule has 0 bridgehead atoms. The summed E-state index contributed by atoms with van der Waals surface area (Å²) in [6.07, 6.45) is 2.91. The van der Waals surface area contributed by atoms with Crippen LogP contribution in [-0.2, 0) is 0 Å². The number of hydrogen-bond acceptors (Lipinski definition) is 3. The zero-order valence-corrected chi connectivity index (χ0v) is 17.2. The minimum Gasteiger partial charge on any atom is -0.345 e. The topological polar surface area (TPSA) is 63.1 Å². The van der Waals surface area contributed by atoms with Crippen LogP contribution in [0.1, 0.15) is 53.8 Å². The summed E-state index contributed by atoms with van der Waals surface area (Å²) in [5.74, 6) is -0.528. The minimum atomic E-state index is -0.625. The molecule has 0 spiro atoms. The lowest BCUT2D eigenvalue weighted by Crippen LogP contribution is -2.36. The highest BCUT2D eigenvalue weighted by Crippen LogP contribution is 2.41. The summed E-state index contributed by atoms with van der Waals surface area (Å²) in [6, 6.07) is 14.2. The van der Waals surface area contributed by atoms with Gasteiger partial charge in [-0.2, -0.15) is 0 Å². The SMILES string of the molecule is CCCNn1c(C)c(C(=O)NC(c2ccccc2)C2CC2)c2cccc(F)c2c1=O. The van der Waals surface area contributed by atoms with Crippen LogP contribution in [0.15, 0.2) is 53.3 Å². The highest BCUT2D eigenvalue weighted by molar-refractivity contribution is 6.08. The Morgan fingerprint density at radius 2 is 1.90 bits per heavy atom. The van der Waals surface area contributed by atoms with Crippen molar-refractivity contribution < 1.29 is 9.18 Å². The number of rotatable bonds is 7. The number of carbonyl (C=O) groups is 1. The van der Waals surface area contributed by atoms with Gasteiger partial charge in [-0.1, -0.05) is 49.4 Å². The van der Waals surface area contributed by atoms with Gasteiger partial charge in [0.2, 0.25) is 0 Å². The largest absolute Gasteiger partial charge is 0.345 e. The molecule has 1 saturated carbocycles. The predicted molar refractivity (Wildman–Crippen MR) is 117 cm³/mol. The van der Waals surface area contributed by atoms with E-state index in [9.17, 15) is 14.0 Å². The Kier molecular flexibility index (Phi) is 5.57. The third-order valence-electron chi connectivity index (χ3n) is 5.68. The molecule has 1 aromatic heterocycles. The van der Waals surface area contributed by atoms with Gasteiger partial charge >= 0.3 is 0 Å². The zero-order valence-electron chi connectivity index (χ0n) is 17.2. The fraction of sp³-hybridized carbons (Fsp3) is 0.333. The van der Waals surface area contributed by atoms with Crippen LogP contribution in [0.3, 0.4) is 0 Å². The van der Waals surface area contributed by atoms with Crippen molar-refractivity contribution >= 4 is 16.7 Å². The molecule has 2 N–H and O–H groups in total. The van der Waals surface area contributed by atoms with Gasteiger partial charge in [0.05, 0.1) is 22.7 Å². The Balaban J connectivity index is 1.82. The number of hydrogen-bond donors (Lipinski definition) is 2. The molecule has 1 heterocycles. The molecule has 1 fully saturated rings. The van der Waals surface area contributed by atoms with Gasteiger partial charge in [0, 0.05) is 11.9 Å². The van der Waals surface area contributed by atoms with Crippen LogP contribution in [0.5, 0.6) is 0 Å². The Hall–Kier alpha value is -3.15. The zero-order chi connectivity index (χ0) is 21.3. The third kappa shape index (κ3) is 3.70. The average Bonchev–Trinajstić information content (AvgIpc) is 3.58. The van der Waals surface area contributed by atoms with Gasteiger partial charge < -0.3 is 10.7 Å². The second kappa shape index (κ2) is 8.30. The predicted octanol–water partition coefficient (Wildman–Crippen LogP) is 4.28. The molecule has 6 heteroatoms. The molecule has 3 aromatic rings. The summed E-state index contributed by atoms with van der Waals surface area (Å²) in [7, 11) is 0. The fourth-order valence-corrected chi connectivity index (χ4v) is 4.00. The lowest BCUT2D eigenvalue weighted by atomic mass is 9.99. The van der Waals surface area contributed by atoms with E-state index in [0.29, 0.717) is 29.1 Å². The molecule has 0 saturated heterocycles. The highest BCUT2D eigenvalue weighted by Gasteiger charge is 2.34. The average molecular weight is 407 g/mol. The molecule has 0 radical (unpaired) electrons. The van der Waals surface area contributed by atoms with Crippen molar-refractivity contribution in [2.45, 2.75) is 39.2 Å². The van der Waals surface area contributed by atoms with Crippen molar-refractivity contribution in [3.8, 4) is 0 Å². The van der Waals surface area contributed by atoms with Gasteiger partial charge in [0.25, 0.3) is 11.5 Å². The van der Waals surface area contributed by atoms with Crippen LogP contribution >= 0.6 is 0 Å². The minimum absolute atomic E-state index is 0.0699. The molecular formula is C24H26FN3O2. The number of amides is 1. The van der Waals surface area contributed by atoms with E-state index >= 15 is 0 Å². The number of benzene rings is 2. The molecule has 30 heavy (non-hydrogen) atoms. The van der Waals surface area contributed by atoms with Crippen LogP contribution < -0.4 is 16.3 Å². The monoisotopic (exact) mass is 407 g/mol. The maximum absolute atomic E-state index is 14.6. The van der Waals surface area contributed by atoms with E-state index in [1.807, 2.05) is 37.3 Å². The van der Waals surface area contributed by atoms with Gasteiger partial charge in [-0.05, 0) is 43.7 Å². The maximum atomic E-state index is 14.6. The van der Waals surface area contributed by atoms with Crippen molar-refractivity contribution in [3.63, 3.8) is 0 Å². The standard InChI is InChI=1S/C24H26FN3O2/c1-3-14-26-28-15(2)20(18-10-7-11-19(25)21(18)24(28)30)23(29)27-22(17-12-13-17)16-8-5-4-6-9-16/h4-11,17,22,26H,3,12-14H2,1-2H3,(H,27,29). The van der Waals surface area contributed by atoms with Gasteiger partial charge in [-0.25, -0.2) is 9.07 Å². The van der Waals surface area contributed by atoms with Gasteiger partial charge in [-0.15, -0.1) is 0 Å². The van der Waals surface area contributed by atoms with E-state index in [1.54, 1.807) is 13.0 Å². The third-order valence-corrected chi connectivity index (χ3v) is 5.68. The second-order valence-electron chi connectivity index (χ2n) is 7.87. The van der Waals surface area contributed by atoms with E-state index in [-0.39, 0.29) is 17.3 Å². The fourth-order valence-electron chi connectivity index (χ4n) is 4.00. The van der Waals surface area contributed by atoms with Crippen LogP contribution in [0.2, 0.25) is 0 Å². The van der Waals surface area contributed by atoms with Crippen LogP contribution in [0.4, 0.5) is 4.39 Å². The Labute approximate surface area is 174 Å². The number of fused-ring (bicyclic) bond motifs is 1. The molecule has 1 unspecified atom stereocenters. The smallest absolute Gasteiger partial charge is 0.279 e. The molecule has 1 aliphatic rings. The van der Waals surface area contributed by atoms with Gasteiger partial charge in [-0.3, -0.25) is 9.59 Å². The summed E-state index contributed by atoms with van der Waals surface area (Å²) in [5.41, 5.74) is 4.40. The molecule has 2 aromatic carbocycles. The van der Waals surface area contributed by atoms with E-state index in [4.69, 9.17) is 0 Å². The molecule has 4 rings (SSSR count). The van der Waals surface area contributed by atoms with Crippen molar-refractivity contribution in [1.82, 2.24) is 9.99 Å². The quantitative estimate of drug-likeness (QED) is 0.614. The van der Waals surface area contributed by atoms with E-state index in [0.717, 1.165) is 24.8 Å². The van der Waals surface area contributed by atoms with Gasteiger partial charge in [0.1, 0.15) is 5.82 Å². The molecule has 0 aliphatic heterocycles. The summed E-state index contributed by atoms with van der Waals surface area (Å²) in [5, 5.41) is 3.43. The summed E-state index contributed by atoms with van der Waals surface area (Å²) >= 11 is 0. The first-order chi connectivity index (χ1) is 14.5. The first-order valence-electron chi connectivity index (χ1n) is 10.5. The van der Waals surface area contributed by atoms with Crippen molar-refractivity contribution in [2.24, 2.45) is 5.92 Å². The normalized spacial score (nSPS) is 14.5. The number of aromatic nitrogens is 1. The lowest BCUT2D eigenvalue weighted by molar-refractivity contribution is 0.0932. The molecule has 156 valence electrons. The van der Waals surface area contributed by atoms with Crippen molar-refractivity contribution in [2.75, 3.05) is 12.0 Å². The number of nitrogens with one attached hydrogen (secondary N) is 2.